The molecule has 1 saturated carbocycles. The maximum Gasteiger partial charge on any atom is 0.392 e. The molecule has 3 aliphatic rings. The lowest BCUT2D eigenvalue weighted by molar-refractivity contribution is -0.162. The van der Waals surface area contributed by atoms with Gasteiger partial charge in [-0.1, -0.05) is 5.21 Å². The predicted molar refractivity (Wildman–Crippen MR) is 87.1 cm³/mol. The fraction of sp³-hybridized carbons (Fsp3) is 0.765. The van der Waals surface area contributed by atoms with Crippen LogP contribution < -0.4 is 0 Å². The lowest BCUT2D eigenvalue weighted by atomic mass is 9.79. The highest BCUT2D eigenvalue weighted by atomic mass is 19.4. The number of nitrogens with zero attached hydrogens (tertiary/aromatic N) is 5. The average molecular weight is 385 g/mol. The number of amides is 2. The van der Waals surface area contributed by atoms with Crippen LogP contribution in [0.1, 0.15) is 25.7 Å². The number of carbonyl (C=O) groups excluding carboxylic acids is 2. The third-order valence-electron chi connectivity index (χ3n) is 5.93. The number of rotatable bonds is 5. The van der Waals surface area contributed by atoms with Crippen LogP contribution in [0, 0.1) is 17.3 Å². The summed E-state index contributed by atoms with van der Waals surface area (Å²) in [7, 11) is 0. The lowest BCUT2D eigenvalue weighted by Gasteiger charge is -2.48. The highest BCUT2D eigenvalue weighted by molar-refractivity contribution is 5.83. The number of likely N-dealkylation sites (tertiary alicyclic amines) is 2. The Bertz CT molecular complexity index is 715. The van der Waals surface area contributed by atoms with E-state index in [-0.39, 0.29) is 23.7 Å². The molecule has 27 heavy (non-hydrogen) atoms. The third kappa shape index (κ3) is 3.66. The van der Waals surface area contributed by atoms with Crippen molar-refractivity contribution in [3.8, 4) is 0 Å². The van der Waals surface area contributed by atoms with Crippen molar-refractivity contribution >= 4 is 11.8 Å². The summed E-state index contributed by atoms with van der Waals surface area (Å²) in [5, 5.41) is 7.57. The molecule has 7 nitrogen and oxygen atoms in total. The van der Waals surface area contributed by atoms with Crippen molar-refractivity contribution in [2.75, 3.05) is 26.2 Å². The minimum absolute atomic E-state index is 0.0797. The molecule has 0 N–H and O–H groups in total. The number of alkyl halides is 3. The molecule has 1 aliphatic carbocycles. The summed E-state index contributed by atoms with van der Waals surface area (Å²) in [6.45, 7) is 2.81. The molecule has 0 aromatic carbocycles. The van der Waals surface area contributed by atoms with Gasteiger partial charge in [-0.15, -0.1) is 5.10 Å². The van der Waals surface area contributed by atoms with Crippen molar-refractivity contribution in [1.82, 2.24) is 24.8 Å². The van der Waals surface area contributed by atoms with Crippen LogP contribution >= 0.6 is 0 Å². The van der Waals surface area contributed by atoms with Gasteiger partial charge in [0, 0.05) is 50.8 Å². The van der Waals surface area contributed by atoms with E-state index in [4.69, 9.17) is 0 Å². The first-order valence-corrected chi connectivity index (χ1v) is 9.25. The maximum absolute atomic E-state index is 12.6. The molecule has 0 radical (unpaired) electrons. The van der Waals surface area contributed by atoms with Crippen LogP contribution in [0.15, 0.2) is 12.4 Å². The summed E-state index contributed by atoms with van der Waals surface area (Å²) in [4.78, 5) is 27.9. The van der Waals surface area contributed by atoms with E-state index in [1.54, 1.807) is 17.1 Å². The number of aromatic nitrogens is 3. The van der Waals surface area contributed by atoms with Gasteiger partial charge in [-0.2, -0.15) is 13.2 Å². The van der Waals surface area contributed by atoms with Crippen LogP contribution in [0.3, 0.4) is 0 Å². The average Bonchev–Trinajstić information content (AvgIpc) is 3.02. The molecule has 1 spiro atoms. The van der Waals surface area contributed by atoms with E-state index in [1.807, 2.05) is 4.90 Å². The molecule has 3 heterocycles. The molecule has 2 amide bonds. The van der Waals surface area contributed by atoms with Gasteiger partial charge in [0.25, 0.3) is 0 Å². The zero-order valence-electron chi connectivity index (χ0n) is 14.9. The first-order chi connectivity index (χ1) is 12.8. The minimum atomic E-state index is -4.27. The molecule has 10 heteroatoms. The summed E-state index contributed by atoms with van der Waals surface area (Å²) < 4.78 is 39.6. The largest absolute Gasteiger partial charge is 0.392 e. The molecule has 1 aromatic rings. The monoisotopic (exact) mass is 385 g/mol. The molecule has 2 atom stereocenters. The number of hydrogen-bond acceptors (Lipinski definition) is 4. The van der Waals surface area contributed by atoms with Crippen molar-refractivity contribution < 1.29 is 22.8 Å². The number of hydrogen-bond donors (Lipinski definition) is 0. The van der Waals surface area contributed by atoms with Crippen LogP contribution in [0.25, 0.3) is 0 Å². The minimum Gasteiger partial charge on any atom is -0.342 e. The molecule has 148 valence electrons. The van der Waals surface area contributed by atoms with Crippen molar-refractivity contribution in [1.29, 1.82) is 0 Å². The van der Waals surface area contributed by atoms with Crippen molar-refractivity contribution in [3.05, 3.63) is 12.4 Å². The van der Waals surface area contributed by atoms with Gasteiger partial charge in [0.2, 0.25) is 11.8 Å². The molecule has 1 aromatic heterocycles. The predicted octanol–water partition coefficient (Wildman–Crippen LogP) is 1.32. The topological polar surface area (TPSA) is 71.3 Å². The Labute approximate surface area is 154 Å². The summed E-state index contributed by atoms with van der Waals surface area (Å²) in [6, 6.07) is 0. The smallest absolute Gasteiger partial charge is 0.342 e. The van der Waals surface area contributed by atoms with Gasteiger partial charge in [-0.3, -0.25) is 14.3 Å². The van der Waals surface area contributed by atoms with Gasteiger partial charge >= 0.3 is 6.18 Å². The van der Waals surface area contributed by atoms with Gasteiger partial charge in [0.05, 0.1) is 18.0 Å². The zero-order chi connectivity index (χ0) is 19.2. The molecular formula is C17H22F3N5O2. The molecule has 2 saturated heterocycles. The van der Waals surface area contributed by atoms with Gasteiger partial charge in [-0.05, 0) is 19.3 Å². The van der Waals surface area contributed by atoms with Crippen molar-refractivity contribution in [2.24, 2.45) is 17.3 Å². The van der Waals surface area contributed by atoms with Gasteiger partial charge < -0.3 is 9.80 Å². The second kappa shape index (κ2) is 6.49. The first kappa shape index (κ1) is 18.2. The van der Waals surface area contributed by atoms with E-state index in [1.165, 1.54) is 4.90 Å². The number of halogens is 3. The third-order valence-corrected chi connectivity index (χ3v) is 5.93. The highest BCUT2D eigenvalue weighted by Crippen LogP contribution is 2.52. The quantitative estimate of drug-likeness (QED) is 0.767. The molecule has 0 bridgehead atoms. The highest BCUT2D eigenvalue weighted by Gasteiger charge is 2.61. The van der Waals surface area contributed by atoms with E-state index >= 15 is 0 Å². The Morgan fingerprint density at radius 2 is 1.93 bits per heavy atom. The van der Waals surface area contributed by atoms with E-state index in [0.29, 0.717) is 45.6 Å². The van der Waals surface area contributed by atoms with Crippen molar-refractivity contribution in [2.45, 2.75) is 38.4 Å². The Kier molecular flexibility index (Phi) is 4.38. The van der Waals surface area contributed by atoms with Crippen molar-refractivity contribution in [3.63, 3.8) is 0 Å². The normalized spacial score (nSPS) is 26.3. The van der Waals surface area contributed by atoms with Gasteiger partial charge in [0.1, 0.15) is 0 Å². The summed E-state index contributed by atoms with van der Waals surface area (Å²) >= 11 is 0. The number of aryl methyl sites for hydroxylation is 1. The standard InChI is InChI=1S/C17H22F3N5O2/c18-17(19,20)13-8-12(13)15(27)24-10-16(11-24)3-6-23(9-16)14(26)2-1-5-25-7-4-21-22-25/h4,7,12-13H,1-3,5-6,8-11H2/t12-,13+/m0/s1. The summed E-state index contributed by atoms with van der Waals surface area (Å²) in [6.07, 6.45) is 0.893. The van der Waals surface area contributed by atoms with E-state index < -0.39 is 18.0 Å². The fourth-order valence-corrected chi connectivity index (χ4v) is 4.29. The summed E-state index contributed by atoms with van der Waals surface area (Å²) in [5.41, 5.74) is -0.125. The van der Waals surface area contributed by atoms with Gasteiger partial charge in [-0.25, -0.2) is 0 Å². The van der Waals surface area contributed by atoms with E-state index in [2.05, 4.69) is 10.3 Å². The maximum atomic E-state index is 12.6. The first-order valence-electron chi connectivity index (χ1n) is 9.25. The Morgan fingerprint density at radius 3 is 2.56 bits per heavy atom. The Hall–Kier alpha value is -2.13. The van der Waals surface area contributed by atoms with Crippen LogP contribution in [-0.4, -0.2) is 69.0 Å². The lowest BCUT2D eigenvalue weighted by Crippen LogP contribution is -2.60. The summed E-state index contributed by atoms with van der Waals surface area (Å²) in [5.74, 6) is -2.65. The molecule has 3 fully saturated rings. The van der Waals surface area contributed by atoms with Crippen LogP contribution in [0.2, 0.25) is 0 Å². The van der Waals surface area contributed by atoms with Gasteiger partial charge in [0.15, 0.2) is 0 Å². The molecule has 0 unspecified atom stereocenters. The van der Waals surface area contributed by atoms with Crippen LogP contribution in [0.5, 0.6) is 0 Å². The van der Waals surface area contributed by atoms with E-state index in [9.17, 15) is 22.8 Å². The second-order valence-electron chi connectivity index (χ2n) is 8.02. The van der Waals surface area contributed by atoms with Crippen LogP contribution in [0.4, 0.5) is 13.2 Å². The van der Waals surface area contributed by atoms with E-state index in [0.717, 1.165) is 6.42 Å². The Balaban J connectivity index is 1.20. The second-order valence-corrected chi connectivity index (χ2v) is 8.02. The fourth-order valence-electron chi connectivity index (χ4n) is 4.29. The number of carbonyl (C=O) groups is 2. The zero-order valence-corrected chi connectivity index (χ0v) is 14.9. The Morgan fingerprint density at radius 1 is 1.19 bits per heavy atom. The SMILES string of the molecule is O=C(CCCn1ccnn1)N1CCC2(C1)CN(C(=O)[C@H]1C[C@H]1C(F)(F)F)C2. The molecular weight excluding hydrogens is 363 g/mol. The molecule has 4 rings (SSSR count). The molecule has 2 aliphatic heterocycles. The van der Waals surface area contributed by atoms with Crippen LogP contribution in [-0.2, 0) is 16.1 Å².